The van der Waals surface area contributed by atoms with Crippen LogP contribution < -0.4 is 5.32 Å². The van der Waals surface area contributed by atoms with Gasteiger partial charge in [-0.1, -0.05) is 4.49 Å². The fourth-order valence-electron chi connectivity index (χ4n) is 1.76. The van der Waals surface area contributed by atoms with E-state index in [1.165, 1.54) is 11.5 Å². The second-order valence-corrected chi connectivity index (χ2v) is 4.03. The minimum atomic E-state index is 0.312. The van der Waals surface area contributed by atoms with Gasteiger partial charge in [0.1, 0.15) is 10.8 Å². The molecule has 0 saturated heterocycles. The van der Waals surface area contributed by atoms with E-state index in [9.17, 15) is 0 Å². The number of nitrogens with zero attached hydrogens (tertiary/aromatic N) is 4. The summed E-state index contributed by atoms with van der Waals surface area (Å²) in [6.07, 6.45) is 6.69. The molecular formula is C8H9N5S. The molecule has 1 N–H and O–H groups in total. The smallest absolute Gasteiger partial charge is 0.131 e. The second kappa shape index (κ2) is 3.06. The average Bonchev–Trinajstić information content (AvgIpc) is 2.85. The molecule has 0 aliphatic carbocycles. The SMILES string of the molecule is c1cn2c(n1)C(Nc1cnns1)CC2. The van der Waals surface area contributed by atoms with E-state index in [4.69, 9.17) is 0 Å². The maximum atomic E-state index is 4.32. The first-order valence-electron chi connectivity index (χ1n) is 4.48. The van der Waals surface area contributed by atoms with Gasteiger partial charge in [-0.2, -0.15) is 0 Å². The molecule has 0 saturated carbocycles. The summed E-state index contributed by atoms with van der Waals surface area (Å²) < 4.78 is 5.98. The van der Waals surface area contributed by atoms with Crippen molar-refractivity contribution in [1.82, 2.24) is 19.1 Å². The number of nitrogens with one attached hydrogen (secondary N) is 1. The Kier molecular flexibility index (Phi) is 1.73. The molecule has 0 amide bonds. The number of aromatic nitrogens is 4. The third kappa shape index (κ3) is 1.19. The largest absolute Gasteiger partial charge is 0.364 e. The zero-order chi connectivity index (χ0) is 9.38. The lowest BCUT2D eigenvalue weighted by molar-refractivity contribution is 0.709. The van der Waals surface area contributed by atoms with Crippen molar-refractivity contribution >= 4 is 16.5 Å². The van der Waals surface area contributed by atoms with E-state index >= 15 is 0 Å². The van der Waals surface area contributed by atoms with Crippen molar-refractivity contribution in [3.05, 3.63) is 24.4 Å². The van der Waals surface area contributed by atoms with Crippen molar-refractivity contribution in [1.29, 1.82) is 0 Å². The number of imidazole rings is 1. The van der Waals surface area contributed by atoms with E-state index in [1.54, 1.807) is 6.20 Å². The van der Waals surface area contributed by atoms with Crippen LogP contribution in [0.4, 0.5) is 5.00 Å². The number of hydrogen-bond acceptors (Lipinski definition) is 5. The van der Waals surface area contributed by atoms with E-state index in [0.29, 0.717) is 6.04 Å². The number of aryl methyl sites for hydroxylation is 1. The van der Waals surface area contributed by atoms with E-state index in [-0.39, 0.29) is 0 Å². The maximum Gasteiger partial charge on any atom is 0.131 e. The molecule has 2 aromatic rings. The number of rotatable bonds is 2. The molecule has 3 rings (SSSR count). The summed E-state index contributed by atoms with van der Waals surface area (Å²) in [5, 5.41) is 8.17. The van der Waals surface area contributed by atoms with E-state index in [1.807, 2.05) is 12.4 Å². The lowest BCUT2D eigenvalue weighted by Crippen LogP contribution is -2.07. The van der Waals surface area contributed by atoms with Gasteiger partial charge in [0.05, 0.1) is 12.2 Å². The predicted molar refractivity (Wildman–Crippen MR) is 53.1 cm³/mol. The topological polar surface area (TPSA) is 55.6 Å². The van der Waals surface area contributed by atoms with Gasteiger partial charge in [0.15, 0.2) is 0 Å². The summed E-state index contributed by atoms with van der Waals surface area (Å²) in [6, 6.07) is 0.312. The Bertz CT molecular complexity index is 421. The van der Waals surface area contributed by atoms with E-state index < -0.39 is 0 Å². The third-order valence-electron chi connectivity index (χ3n) is 2.40. The summed E-state index contributed by atoms with van der Waals surface area (Å²) in [4.78, 5) is 4.32. The minimum Gasteiger partial charge on any atom is -0.364 e. The van der Waals surface area contributed by atoms with Gasteiger partial charge in [-0.05, 0) is 6.42 Å². The highest BCUT2D eigenvalue weighted by molar-refractivity contribution is 7.09. The third-order valence-corrected chi connectivity index (χ3v) is 2.99. The molecule has 0 aromatic carbocycles. The fraction of sp³-hybridized carbons (Fsp3) is 0.375. The van der Waals surface area contributed by atoms with Gasteiger partial charge in [-0.3, -0.25) is 0 Å². The van der Waals surface area contributed by atoms with Crippen LogP contribution in [0.3, 0.4) is 0 Å². The van der Waals surface area contributed by atoms with Gasteiger partial charge in [0, 0.05) is 30.5 Å². The Morgan fingerprint density at radius 2 is 2.57 bits per heavy atom. The van der Waals surface area contributed by atoms with Crippen molar-refractivity contribution in [2.24, 2.45) is 0 Å². The Morgan fingerprint density at radius 3 is 3.43 bits per heavy atom. The van der Waals surface area contributed by atoms with Crippen molar-refractivity contribution in [3.63, 3.8) is 0 Å². The minimum absolute atomic E-state index is 0.312. The van der Waals surface area contributed by atoms with Gasteiger partial charge >= 0.3 is 0 Å². The van der Waals surface area contributed by atoms with Gasteiger partial charge in [-0.15, -0.1) is 5.10 Å². The Morgan fingerprint density at radius 1 is 1.57 bits per heavy atom. The quantitative estimate of drug-likeness (QED) is 0.806. The van der Waals surface area contributed by atoms with Crippen LogP contribution >= 0.6 is 11.5 Å². The van der Waals surface area contributed by atoms with Gasteiger partial charge in [0.25, 0.3) is 0 Å². The molecule has 5 nitrogen and oxygen atoms in total. The highest BCUT2D eigenvalue weighted by atomic mass is 32.1. The molecule has 6 heteroatoms. The van der Waals surface area contributed by atoms with Crippen molar-refractivity contribution < 1.29 is 0 Å². The Hall–Kier alpha value is -1.43. The number of hydrogen-bond donors (Lipinski definition) is 1. The second-order valence-electron chi connectivity index (χ2n) is 3.25. The monoisotopic (exact) mass is 207 g/mol. The summed E-state index contributed by atoms with van der Waals surface area (Å²) in [5.41, 5.74) is 0. The molecule has 14 heavy (non-hydrogen) atoms. The first kappa shape index (κ1) is 7.93. The predicted octanol–water partition coefficient (Wildman–Crippen LogP) is 1.29. The molecule has 1 unspecified atom stereocenters. The average molecular weight is 207 g/mol. The van der Waals surface area contributed by atoms with Gasteiger partial charge in [-0.25, -0.2) is 4.98 Å². The van der Waals surface area contributed by atoms with E-state index in [0.717, 1.165) is 23.8 Å². The summed E-state index contributed by atoms with van der Waals surface area (Å²) in [6.45, 7) is 1.04. The first-order valence-corrected chi connectivity index (χ1v) is 5.26. The molecule has 72 valence electrons. The number of anilines is 1. The molecule has 1 aliphatic heterocycles. The Balaban J connectivity index is 1.83. The lowest BCUT2D eigenvalue weighted by atomic mass is 10.2. The molecular weight excluding hydrogens is 198 g/mol. The fourth-order valence-corrected chi connectivity index (χ4v) is 2.23. The first-order chi connectivity index (χ1) is 6.93. The molecule has 0 fully saturated rings. The van der Waals surface area contributed by atoms with Crippen LogP contribution in [0, 0.1) is 0 Å². The summed E-state index contributed by atoms with van der Waals surface area (Å²) in [7, 11) is 0. The molecule has 1 aliphatic rings. The number of fused-ring (bicyclic) bond motifs is 1. The maximum absolute atomic E-state index is 4.32. The van der Waals surface area contributed by atoms with Crippen LogP contribution in [0.15, 0.2) is 18.6 Å². The standard InChI is InChI=1S/C8H9N5S/c1-3-13-4-2-9-8(13)6(1)11-7-5-10-12-14-7/h2,4-6,11H,1,3H2. The van der Waals surface area contributed by atoms with E-state index in [2.05, 4.69) is 24.5 Å². The normalized spacial score (nSPS) is 19.6. The summed E-state index contributed by atoms with van der Waals surface area (Å²) in [5.74, 6) is 1.11. The van der Waals surface area contributed by atoms with Crippen LogP contribution in [0.2, 0.25) is 0 Å². The molecule has 0 bridgehead atoms. The van der Waals surface area contributed by atoms with Crippen LogP contribution in [0.1, 0.15) is 18.3 Å². The van der Waals surface area contributed by atoms with Gasteiger partial charge < -0.3 is 9.88 Å². The lowest BCUT2D eigenvalue weighted by Gasteiger charge is -2.08. The zero-order valence-electron chi connectivity index (χ0n) is 7.42. The molecule has 0 radical (unpaired) electrons. The van der Waals surface area contributed by atoms with Crippen molar-refractivity contribution in [2.75, 3.05) is 5.32 Å². The summed E-state index contributed by atoms with van der Waals surface area (Å²) >= 11 is 1.38. The van der Waals surface area contributed by atoms with Crippen molar-refractivity contribution in [3.8, 4) is 0 Å². The zero-order valence-corrected chi connectivity index (χ0v) is 8.24. The van der Waals surface area contributed by atoms with Gasteiger partial charge in [0.2, 0.25) is 0 Å². The molecule has 1 atom stereocenters. The van der Waals surface area contributed by atoms with Crippen molar-refractivity contribution in [2.45, 2.75) is 19.0 Å². The van der Waals surface area contributed by atoms with Crippen LogP contribution in [-0.4, -0.2) is 19.1 Å². The highest BCUT2D eigenvalue weighted by Gasteiger charge is 2.23. The molecule has 3 heterocycles. The molecule has 2 aromatic heterocycles. The Labute approximate surface area is 85.0 Å². The van der Waals surface area contributed by atoms with Crippen LogP contribution in [0.5, 0.6) is 0 Å². The van der Waals surface area contributed by atoms with Crippen LogP contribution in [-0.2, 0) is 6.54 Å². The highest BCUT2D eigenvalue weighted by Crippen LogP contribution is 2.28. The van der Waals surface area contributed by atoms with Crippen LogP contribution in [0.25, 0.3) is 0 Å². The molecule has 0 spiro atoms.